The van der Waals surface area contributed by atoms with E-state index in [1.54, 1.807) is 12.1 Å². The molecule has 0 aliphatic rings. The first-order chi connectivity index (χ1) is 13.5. The first kappa shape index (κ1) is 17.5. The second kappa shape index (κ2) is 7.00. The van der Waals surface area contributed by atoms with E-state index in [-0.39, 0.29) is 23.0 Å². The second-order valence-electron chi connectivity index (χ2n) is 6.57. The van der Waals surface area contributed by atoms with Gasteiger partial charge in [-0.1, -0.05) is 30.3 Å². The summed E-state index contributed by atoms with van der Waals surface area (Å²) in [5.41, 5.74) is 4.50. The van der Waals surface area contributed by atoms with Gasteiger partial charge in [0.25, 0.3) is 0 Å². The summed E-state index contributed by atoms with van der Waals surface area (Å²) >= 11 is 0. The third-order valence-electron chi connectivity index (χ3n) is 4.62. The first-order valence-corrected chi connectivity index (χ1v) is 8.76. The normalized spacial score (nSPS) is 10.7. The predicted molar refractivity (Wildman–Crippen MR) is 109 cm³/mol. The van der Waals surface area contributed by atoms with Gasteiger partial charge in [-0.05, 0) is 64.7 Å². The molecule has 0 spiro atoms. The topological polar surface area (TPSA) is 80.9 Å². The lowest BCUT2D eigenvalue weighted by atomic mass is 9.92. The molecule has 4 aromatic rings. The molecule has 0 radical (unpaired) electrons. The fraction of sp³-hybridized carbons (Fsp3) is 0. The molecule has 0 fully saturated rings. The molecule has 0 aromatic heterocycles. The van der Waals surface area contributed by atoms with Crippen LogP contribution in [0.4, 0.5) is 0 Å². The number of aromatic hydroxyl groups is 4. The third kappa shape index (κ3) is 3.35. The van der Waals surface area contributed by atoms with E-state index < -0.39 is 0 Å². The van der Waals surface area contributed by atoms with Crippen LogP contribution in [0.3, 0.4) is 0 Å². The number of rotatable bonds is 3. The van der Waals surface area contributed by atoms with E-state index in [4.69, 9.17) is 0 Å². The zero-order valence-electron chi connectivity index (χ0n) is 14.9. The summed E-state index contributed by atoms with van der Waals surface area (Å²) in [4.78, 5) is 0. The van der Waals surface area contributed by atoms with Crippen molar-refractivity contribution in [1.82, 2.24) is 0 Å². The maximum absolute atomic E-state index is 10.3. The molecule has 0 amide bonds. The van der Waals surface area contributed by atoms with Crippen LogP contribution in [0.25, 0.3) is 33.4 Å². The number of hydrogen-bond donors (Lipinski definition) is 4. The van der Waals surface area contributed by atoms with Gasteiger partial charge in [-0.2, -0.15) is 0 Å². The Morgan fingerprint density at radius 1 is 0.393 bits per heavy atom. The van der Waals surface area contributed by atoms with Crippen LogP contribution < -0.4 is 0 Å². The minimum absolute atomic E-state index is 0.0168. The molecule has 4 rings (SSSR count). The van der Waals surface area contributed by atoms with Crippen molar-refractivity contribution in [2.75, 3.05) is 0 Å². The third-order valence-corrected chi connectivity index (χ3v) is 4.62. The lowest BCUT2D eigenvalue weighted by Crippen LogP contribution is -1.87. The highest BCUT2D eigenvalue weighted by Gasteiger charge is 2.13. The maximum Gasteiger partial charge on any atom is 0.127 e. The van der Waals surface area contributed by atoms with Crippen molar-refractivity contribution in [1.29, 1.82) is 0 Å². The molecule has 0 aliphatic heterocycles. The van der Waals surface area contributed by atoms with E-state index in [1.165, 1.54) is 24.3 Å². The van der Waals surface area contributed by atoms with Crippen molar-refractivity contribution in [3.63, 3.8) is 0 Å². The van der Waals surface area contributed by atoms with Crippen LogP contribution in [0.5, 0.6) is 23.0 Å². The molecule has 0 saturated heterocycles. The summed E-state index contributed by atoms with van der Waals surface area (Å²) in [6.07, 6.45) is 0. The van der Waals surface area contributed by atoms with Gasteiger partial charge in [-0.3, -0.25) is 0 Å². The molecule has 4 aromatic carbocycles. The van der Waals surface area contributed by atoms with Gasteiger partial charge >= 0.3 is 0 Å². The number of phenols is 4. The van der Waals surface area contributed by atoms with Gasteiger partial charge in [0.15, 0.2) is 0 Å². The zero-order chi connectivity index (χ0) is 19.7. The van der Waals surface area contributed by atoms with Crippen molar-refractivity contribution in [2.24, 2.45) is 0 Å². The van der Waals surface area contributed by atoms with E-state index in [0.717, 1.165) is 22.3 Å². The minimum Gasteiger partial charge on any atom is -0.508 e. The van der Waals surface area contributed by atoms with E-state index in [9.17, 15) is 20.4 Å². The number of hydrogen-bond acceptors (Lipinski definition) is 4. The van der Waals surface area contributed by atoms with Crippen LogP contribution in [0.15, 0.2) is 84.9 Å². The molecule has 0 heterocycles. The molecule has 0 bridgehead atoms. The summed E-state index contributed by atoms with van der Waals surface area (Å²) in [5, 5.41) is 39.8. The Labute approximate surface area is 162 Å². The molecule has 0 unspecified atom stereocenters. The highest BCUT2D eigenvalue weighted by molar-refractivity contribution is 5.84. The predicted octanol–water partition coefficient (Wildman–Crippen LogP) is 5.51. The Bertz CT molecular complexity index is 1080. The fourth-order valence-corrected chi connectivity index (χ4v) is 3.26. The summed E-state index contributed by atoms with van der Waals surface area (Å²) in [6.45, 7) is 0. The highest BCUT2D eigenvalue weighted by Crippen LogP contribution is 2.40. The summed E-state index contributed by atoms with van der Waals surface area (Å²) in [7, 11) is 0. The first-order valence-electron chi connectivity index (χ1n) is 8.76. The number of benzene rings is 4. The molecule has 4 N–H and O–H groups in total. The average molecular weight is 370 g/mol. The molecule has 4 nitrogen and oxygen atoms in total. The van der Waals surface area contributed by atoms with Crippen molar-refractivity contribution < 1.29 is 20.4 Å². The average Bonchev–Trinajstić information content (AvgIpc) is 2.68. The Balaban J connectivity index is 1.96. The van der Waals surface area contributed by atoms with Crippen LogP contribution in [-0.2, 0) is 0 Å². The van der Waals surface area contributed by atoms with Crippen LogP contribution in [0.2, 0.25) is 0 Å². The summed E-state index contributed by atoms with van der Waals surface area (Å²) in [6, 6.07) is 24.4. The lowest BCUT2D eigenvalue weighted by Gasteiger charge is -2.13. The van der Waals surface area contributed by atoms with Crippen LogP contribution >= 0.6 is 0 Å². The van der Waals surface area contributed by atoms with Gasteiger partial charge < -0.3 is 20.4 Å². The summed E-state index contributed by atoms with van der Waals surface area (Å²) in [5.74, 6) is -0.106. The quantitative estimate of drug-likeness (QED) is 0.383. The highest BCUT2D eigenvalue weighted by atomic mass is 16.3. The Morgan fingerprint density at radius 2 is 0.857 bits per heavy atom. The second-order valence-corrected chi connectivity index (χ2v) is 6.57. The SMILES string of the molecule is Oc1ccc(-c2cc(-c3ccccc3)cc(-c3ccc(O)cc3O)c2)c(O)c1. The minimum atomic E-state index is -0.0360. The van der Waals surface area contributed by atoms with E-state index >= 15 is 0 Å². The monoisotopic (exact) mass is 370 g/mol. The molecule has 0 saturated carbocycles. The van der Waals surface area contributed by atoms with E-state index in [2.05, 4.69) is 0 Å². The molecular formula is C24H18O4. The Kier molecular flexibility index (Phi) is 4.38. The number of phenolic OH excluding ortho intramolecular Hbond substituents is 4. The van der Waals surface area contributed by atoms with Gasteiger partial charge in [-0.25, -0.2) is 0 Å². The molecule has 0 aliphatic carbocycles. The van der Waals surface area contributed by atoms with Gasteiger partial charge in [0, 0.05) is 23.3 Å². The van der Waals surface area contributed by atoms with Crippen LogP contribution in [0.1, 0.15) is 0 Å². The van der Waals surface area contributed by atoms with Crippen molar-refractivity contribution in [3.8, 4) is 56.4 Å². The molecule has 28 heavy (non-hydrogen) atoms. The van der Waals surface area contributed by atoms with Crippen LogP contribution in [0, 0.1) is 0 Å². The molecule has 138 valence electrons. The smallest absolute Gasteiger partial charge is 0.127 e. The molecule has 4 heteroatoms. The fourth-order valence-electron chi connectivity index (χ4n) is 3.26. The van der Waals surface area contributed by atoms with Crippen molar-refractivity contribution in [2.45, 2.75) is 0 Å². The zero-order valence-corrected chi connectivity index (χ0v) is 14.9. The maximum atomic E-state index is 10.3. The lowest BCUT2D eigenvalue weighted by molar-refractivity contribution is 0.451. The van der Waals surface area contributed by atoms with Crippen molar-refractivity contribution in [3.05, 3.63) is 84.9 Å². The summed E-state index contributed by atoms with van der Waals surface area (Å²) < 4.78 is 0. The van der Waals surface area contributed by atoms with Gasteiger partial charge in [0.05, 0.1) is 0 Å². The molecule has 0 atom stereocenters. The largest absolute Gasteiger partial charge is 0.508 e. The van der Waals surface area contributed by atoms with E-state index in [1.807, 2.05) is 48.5 Å². The van der Waals surface area contributed by atoms with Gasteiger partial charge in [0.1, 0.15) is 23.0 Å². The van der Waals surface area contributed by atoms with Gasteiger partial charge in [-0.15, -0.1) is 0 Å². The molecular weight excluding hydrogens is 352 g/mol. The van der Waals surface area contributed by atoms with E-state index in [0.29, 0.717) is 11.1 Å². The van der Waals surface area contributed by atoms with Gasteiger partial charge in [0.2, 0.25) is 0 Å². The standard InChI is InChI=1S/C24H18O4/c25-19-6-8-21(23(27)13-19)17-10-16(15-4-2-1-3-5-15)11-18(12-17)22-9-7-20(26)14-24(22)28/h1-14,25-28H. The van der Waals surface area contributed by atoms with Crippen LogP contribution in [-0.4, -0.2) is 20.4 Å². The van der Waals surface area contributed by atoms with Crippen molar-refractivity contribution >= 4 is 0 Å². The Morgan fingerprint density at radius 3 is 1.32 bits per heavy atom. The Hall–Kier alpha value is -3.92.